The summed E-state index contributed by atoms with van der Waals surface area (Å²) < 4.78 is 21.3. The summed E-state index contributed by atoms with van der Waals surface area (Å²) in [6, 6.07) is 2.27. The van der Waals surface area contributed by atoms with Crippen molar-refractivity contribution >= 4 is 93.5 Å². The lowest BCUT2D eigenvalue weighted by Gasteiger charge is -2.26. The summed E-state index contributed by atoms with van der Waals surface area (Å²) >= 11 is 37.5. The van der Waals surface area contributed by atoms with Crippen LogP contribution in [-0.4, -0.2) is 37.1 Å². The van der Waals surface area contributed by atoms with Crippen LogP contribution in [0, 0.1) is 23.7 Å². The minimum Gasteiger partial charge on any atom is -0.462 e. The van der Waals surface area contributed by atoms with Gasteiger partial charge in [0.15, 0.2) is 11.5 Å². The van der Waals surface area contributed by atoms with Gasteiger partial charge in [0.25, 0.3) is 0 Å². The number of benzene rings is 2. The monoisotopic (exact) mass is 782 g/mol. The van der Waals surface area contributed by atoms with Gasteiger partial charge in [-0.15, -0.1) is 0 Å². The fourth-order valence-electron chi connectivity index (χ4n) is 5.34. The minimum atomic E-state index is -1.63. The highest BCUT2D eigenvalue weighted by Crippen LogP contribution is 2.42. The lowest BCUT2D eigenvalue weighted by atomic mass is 9.81. The molecule has 0 bridgehead atoms. The molecule has 2 aliphatic carbocycles. The number of halogens is 6. The summed E-state index contributed by atoms with van der Waals surface area (Å²) in [5.41, 5.74) is -0.908. The van der Waals surface area contributed by atoms with Crippen molar-refractivity contribution in [1.82, 2.24) is 0 Å². The van der Waals surface area contributed by atoms with Crippen molar-refractivity contribution in [2.75, 3.05) is 13.2 Å². The predicted octanol–water partition coefficient (Wildman–Crippen LogP) is 10.9. The molecule has 2 aromatic carbocycles. The molecular weight excluding hydrogens is 749 g/mol. The van der Waals surface area contributed by atoms with Gasteiger partial charge in [0.05, 0.1) is 43.3 Å². The molecule has 262 valence electrons. The lowest BCUT2D eigenvalue weighted by molar-refractivity contribution is -0.156. The summed E-state index contributed by atoms with van der Waals surface area (Å²) in [4.78, 5) is 52.3. The van der Waals surface area contributed by atoms with Gasteiger partial charge in [-0.05, 0) is 48.6 Å². The van der Waals surface area contributed by atoms with Crippen molar-refractivity contribution in [3.05, 3.63) is 53.4 Å². The molecule has 0 spiro atoms. The lowest BCUT2D eigenvalue weighted by Crippen LogP contribution is -2.27. The first kappa shape index (κ1) is 38.9. The van der Waals surface area contributed by atoms with Crippen molar-refractivity contribution in [2.24, 2.45) is 23.7 Å². The molecule has 0 radical (unpaired) electrons. The maximum Gasteiger partial charge on any atom is 0.423 e. The van der Waals surface area contributed by atoms with E-state index in [0.29, 0.717) is 11.8 Å². The zero-order chi connectivity index (χ0) is 35.1. The molecule has 2 atom stereocenters. The molecule has 2 unspecified atom stereocenters. The number of hydrogen-bond donors (Lipinski definition) is 0. The third kappa shape index (κ3) is 10.1. The van der Waals surface area contributed by atoms with Gasteiger partial charge in [0.1, 0.15) is 11.1 Å². The second kappa shape index (κ2) is 17.8. The van der Waals surface area contributed by atoms with Crippen molar-refractivity contribution in [2.45, 2.75) is 78.1 Å². The Balaban J connectivity index is 1.46. The van der Waals surface area contributed by atoms with Crippen molar-refractivity contribution in [1.29, 1.82) is 0 Å². The van der Waals surface area contributed by atoms with Crippen LogP contribution in [0.15, 0.2) is 12.1 Å². The van der Waals surface area contributed by atoms with Crippen molar-refractivity contribution < 1.29 is 38.1 Å². The van der Waals surface area contributed by atoms with E-state index in [4.69, 9.17) is 88.6 Å². The van der Waals surface area contributed by atoms with E-state index < -0.39 is 46.5 Å². The van der Waals surface area contributed by atoms with Crippen LogP contribution >= 0.6 is 69.6 Å². The number of carbonyl (C=O) groups is 4. The third-order valence-corrected chi connectivity index (χ3v) is 10.9. The summed E-state index contributed by atoms with van der Waals surface area (Å²) in [5.74, 6) is -4.84. The Hall–Kier alpha value is -1.94. The largest absolute Gasteiger partial charge is 0.462 e. The first-order chi connectivity index (χ1) is 22.8. The highest BCUT2D eigenvalue weighted by Gasteiger charge is 2.32. The molecule has 0 saturated heterocycles. The van der Waals surface area contributed by atoms with E-state index in [2.05, 4.69) is 0 Å². The molecule has 8 nitrogen and oxygen atoms in total. The molecule has 0 N–H and O–H groups in total. The highest BCUT2D eigenvalue weighted by molar-refractivity contribution is 6.47. The van der Waals surface area contributed by atoms with E-state index in [1.165, 1.54) is 38.5 Å². The molecule has 2 aromatic rings. The van der Waals surface area contributed by atoms with Crippen LogP contribution < -0.4 is 9.47 Å². The minimum absolute atomic E-state index is 0.0522. The Morgan fingerprint density at radius 1 is 0.625 bits per heavy atom. The smallest absolute Gasteiger partial charge is 0.423 e. The molecule has 14 heteroatoms. The Morgan fingerprint density at radius 3 is 1.29 bits per heavy atom. The molecule has 0 heterocycles. The zero-order valence-corrected chi connectivity index (χ0v) is 31.0. The molecule has 48 heavy (non-hydrogen) atoms. The summed E-state index contributed by atoms with van der Waals surface area (Å²) in [5, 5.41) is -1.44. The number of hydrogen-bond acceptors (Lipinski definition) is 8. The third-order valence-electron chi connectivity index (χ3n) is 8.80. The molecule has 0 amide bonds. The van der Waals surface area contributed by atoms with Crippen molar-refractivity contribution in [3.8, 4) is 11.5 Å². The van der Waals surface area contributed by atoms with Crippen LogP contribution in [0.25, 0.3) is 0 Å². The Labute approximate surface area is 309 Å². The van der Waals surface area contributed by atoms with Crippen LogP contribution in [0.3, 0.4) is 0 Å². The van der Waals surface area contributed by atoms with Gasteiger partial charge < -0.3 is 18.9 Å². The topological polar surface area (TPSA) is 105 Å². The maximum absolute atomic E-state index is 13.2. The fourth-order valence-corrected chi connectivity index (χ4v) is 6.78. The Kier molecular flexibility index (Phi) is 14.4. The van der Waals surface area contributed by atoms with Crippen LogP contribution in [0.4, 0.5) is 0 Å². The second-order valence-corrected chi connectivity index (χ2v) is 15.0. The van der Waals surface area contributed by atoms with Gasteiger partial charge in [-0.1, -0.05) is 135 Å². The zero-order valence-electron chi connectivity index (χ0n) is 26.5. The standard InChI is InChI=1S/C34H36Cl6O8/c1-17(9-11-19-5-3-6-19)15-45-31(41)25-27(39)21(35)13-23(37)29(25)47-33(43)34(44)48-30-24(38)14-22(36)28(40)26(30)32(42)46-16-18(2)10-12-20-7-4-8-20/h13-14,17-20H,3-12,15-16H2,1-2H3. The van der Waals surface area contributed by atoms with E-state index in [9.17, 15) is 19.2 Å². The molecule has 2 aliphatic rings. The van der Waals surface area contributed by atoms with E-state index >= 15 is 0 Å². The Bertz CT molecular complexity index is 1420. The molecule has 0 aromatic heterocycles. The van der Waals surface area contributed by atoms with E-state index in [0.717, 1.165) is 37.8 Å². The van der Waals surface area contributed by atoms with Gasteiger partial charge in [0, 0.05) is 0 Å². The van der Waals surface area contributed by atoms with Gasteiger partial charge >= 0.3 is 23.9 Å². The van der Waals surface area contributed by atoms with E-state index in [1.807, 2.05) is 13.8 Å². The van der Waals surface area contributed by atoms with Crippen LogP contribution in [0.2, 0.25) is 30.1 Å². The maximum atomic E-state index is 13.2. The summed E-state index contributed by atoms with van der Waals surface area (Å²) in [6.07, 6.45) is 11.1. The second-order valence-electron chi connectivity index (χ2n) is 12.7. The molecule has 2 fully saturated rings. The number of esters is 4. The first-order valence-electron chi connectivity index (χ1n) is 15.9. The number of rotatable bonds is 14. The number of ether oxygens (including phenoxy) is 4. The van der Waals surface area contributed by atoms with Gasteiger partial charge in [-0.2, -0.15) is 0 Å². The van der Waals surface area contributed by atoms with Crippen LogP contribution in [0.1, 0.15) is 98.8 Å². The average molecular weight is 785 g/mol. The first-order valence-corrected chi connectivity index (χ1v) is 18.2. The normalized spacial score (nSPS) is 15.9. The molecule has 2 saturated carbocycles. The SMILES string of the molecule is CC(CCC1CCC1)COC(=O)c1c(Cl)c(Cl)cc(Cl)c1OC(=O)C(=O)Oc1c(Cl)cc(Cl)c(Cl)c1C(=O)OCC(C)CCC1CCC1. The summed E-state index contributed by atoms with van der Waals surface area (Å²) in [7, 11) is 0. The summed E-state index contributed by atoms with van der Waals surface area (Å²) in [6.45, 7) is 4.03. The van der Waals surface area contributed by atoms with Crippen molar-refractivity contribution in [3.63, 3.8) is 0 Å². The quantitative estimate of drug-likeness (QED) is 0.0807. The molecule has 4 rings (SSSR count). The van der Waals surface area contributed by atoms with Crippen LogP contribution in [-0.2, 0) is 19.1 Å². The molecule has 0 aliphatic heterocycles. The average Bonchev–Trinajstić information content (AvgIpc) is 2.98. The van der Waals surface area contributed by atoms with E-state index in [-0.39, 0.29) is 55.2 Å². The Morgan fingerprint density at radius 2 is 0.979 bits per heavy atom. The van der Waals surface area contributed by atoms with Crippen LogP contribution in [0.5, 0.6) is 11.5 Å². The van der Waals surface area contributed by atoms with Gasteiger partial charge in [-0.25, -0.2) is 19.2 Å². The van der Waals surface area contributed by atoms with Gasteiger partial charge in [-0.3, -0.25) is 0 Å². The highest BCUT2D eigenvalue weighted by atomic mass is 35.5. The van der Waals surface area contributed by atoms with E-state index in [1.54, 1.807) is 0 Å². The predicted molar refractivity (Wildman–Crippen MR) is 186 cm³/mol. The molecular formula is C34H36Cl6O8. The van der Waals surface area contributed by atoms with Gasteiger partial charge in [0.2, 0.25) is 0 Å². The number of carbonyl (C=O) groups excluding carboxylic acids is 4. The fraction of sp³-hybridized carbons (Fsp3) is 0.529.